The Morgan fingerprint density at radius 3 is 2.69 bits per heavy atom. The third-order valence-electron chi connectivity index (χ3n) is 5.27. The van der Waals surface area contributed by atoms with Crippen LogP contribution in [0.15, 0.2) is 54.7 Å². The van der Waals surface area contributed by atoms with Crippen LogP contribution in [-0.4, -0.2) is 26.1 Å². The topological polar surface area (TPSA) is 46.3 Å². The van der Waals surface area contributed by atoms with Crippen LogP contribution in [0.4, 0.5) is 9.52 Å². The fraction of sp³-hybridized carbons (Fsp3) is 0.190. The lowest BCUT2D eigenvalue weighted by Crippen LogP contribution is -2.22. The maximum Gasteiger partial charge on any atom is 0.214 e. The summed E-state index contributed by atoms with van der Waals surface area (Å²) in [5.41, 5.74) is 2.76. The van der Waals surface area contributed by atoms with Gasteiger partial charge in [-0.1, -0.05) is 23.5 Å². The average molecular weight is 422 g/mol. The van der Waals surface area contributed by atoms with Crippen molar-refractivity contribution in [3.05, 3.63) is 65.6 Å². The van der Waals surface area contributed by atoms with E-state index in [1.807, 2.05) is 16.8 Å². The fourth-order valence-corrected chi connectivity index (χ4v) is 5.92. The van der Waals surface area contributed by atoms with Gasteiger partial charge in [-0.3, -0.25) is 0 Å². The quantitative estimate of drug-likeness (QED) is 0.383. The fourth-order valence-electron chi connectivity index (χ4n) is 3.85. The van der Waals surface area contributed by atoms with Gasteiger partial charge in [-0.25, -0.2) is 18.9 Å². The molecule has 6 rings (SSSR count). The summed E-state index contributed by atoms with van der Waals surface area (Å²) in [6, 6.07) is 15.0. The molecule has 1 saturated heterocycles. The molecule has 5 nitrogen and oxygen atoms in total. The molecule has 3 aromatic heterocycles. The van der Waals surface area contributed by atoms with Crippen LogP contribution in [0.1, 0.15) is 23.9 Å². The van der Waals surface area contributed by atoms with Crippen molar-refractivity contribution >= 4 is 43.0 Å². The lowest BCUT2D eigenvalue weighted by Gasteiger charge is -2.21. The molecule has 0 aliphatic carbocycles. The first-order chi connectivity index (χ1) is 14.2. The molecular weight excluding hydrogens is 405 g/mol. The number of rotatable bonds is 3. The second-order valence-corrected chi connectivity index (χ2v) is 9.11. The van der Waals surface area contributed by atoms with E-state index in [0.717, 1.165) is 51.3 Å². The number of hydrogen-bond donors (Lipinski definition) is 0. The molecule has 1 atom stereocenters. The van der Waals surface area contributed by atoms with Crippen LogP contribution in [0.5, 0.6) is 0 Å². The summed E-state index contributed by atoms with van der Waals surface area (Å²) in [5.74, 6) is -0.245. The molecule has 0 spiro atoms. The van der Waals surface area contributed by atoms with Gasteiger partial charge in [0.2, 0.25) is 10.1 Å². The summed E-state index contributed by atoms with van der Waals surface area (Å²) in [4.78, 5) is 12.8. The van der Waals surface area contributed by atoms with Crippen molar-refractivity contribution in [2.24, 2.45) is 0 Å². The molecule has 0 bridgehead atoms. The highest BCUT2D eigenvalue weighted by atomic mass is 32.1. The van der Waals surface area contributed by atoms with Crippen LogP contribution in [0.25, 0.3) is 26.4 Å². The van der Waals surface area contributed by atoms with E-state index in [4.69, 9.17) is 15.1 Å². The molecular formula is C21H16FN5S2. The van der Waals surface area contributed by atoms with Crippen LogP contribution >= 0.6 is 22.7 Å². The van der Waals surface area contributed by atoms with Crippen molar-refractivity contribution < 1.29 is 4.39 Å². The van der Waals surface area contributed by atoms with Gasteiger partial charge in [-0.15, -0.1) is 16.4 Å². The van der Waals surface area contributed by atoms with Gasteiger partial charge in [0.25, 0.3) is 0 Å². The standard InChI is InChI=1S/C21H16FN5S2/c22-14-9-7-13(8-10-14)16-12-27-20(24-16)29-21(25-27)26-11-3-5-17(26)19-23-15-4-1-2-6-18(15)28-19/h1-2,4,6-10,12,17H,3,5,11H2. The monoisotopic (exact) mass is 421 g/mol. The van der Waals surface area contributed by atoms with E-state index < -0.39 is 0 Å². The number of halogens is 1. The number of nitrogens with zero attached hydrogens (tertiary/aromatic N) is 5. The van der Waals surface area contributed by atoms with Gasteiger partial charge in [0, 0.05) is 12.1 Å². The first-order valence-electron chi connectivity index (χ1n) is 9.49. The van der Waals surface area contributed by atoms with E-state index >= 15 is 0 Å². The van der Waals surface area contributed by atoms with Crippen molar-refractivity contribution in [3.8, 4) is 11.3 Å². The number of thiazole rings is 1. The second kappa shape index (κ2) is 6.60. The largest absolute Gasteiger partial charge is 0.337 e. The van der Waals surface area contributed by atoms with Crippen molar-refractivity contribution in [2.75, 3.05) is 11.4 Å². The molecule has 0 radical (unpaired) electrons. The van der Waals surface area contributed by atoms with Crippen LogP contribution < -0.4 is 4.90 Å². The maximum absolute atomic E-state index is 13.2. The summed E-state index contributed by atoms with van der Waals surface area (Å²) in [6.45, 7) is 0.974. The zero-order valence-electron chi connectivity index (χ0n) is 15.3. The summed E-state index contributed by atoms with van der Waals surface area (Å²) in [7, 11) is 0. The van der Waals surface area contributed by atoms with E-state index in [1.165, 1.54) is 16.8 Å². The smallest absolute Gasteiger partial charge is 0.214 e. The first-order valence-corrected chi connectivity index (χ1v) is 11.1. The predicted octanol–water partition coefficient (Wildman–Crippen LogP) is 5.55. The maximum atomic E-state index is 13.2. The normalized spacial score (nSPS) is 17.0. The number of benzene rings is 2. The minimum Gasteiger partial charge on any atom is -0.337 e. The summed E-state index contributed by atoms with van der Waals surface area (Å²) in [6.07, 6.45) is 4.12. The lowest BCUT2D eigenvalue weighted by atomic mass is 10.2. The predicted molar refractivity (Wildman–Crippen MR) is 115 cm³/mol. The van der Waals surface area contributed by atoms with Crippen LogP contribution in [0.2, 0.25) is 0 Å². The highest BCUT2D eigenvalue weighted by Gasteiger charge is 2.31. The minimum atomic E-state index is -0.245. The van der Waals surface area contributed by atoms with Gasteiger partial charge in [-0.05, 0) is 49.2 Å². The summed E-state index contributed by atoms with van der Waals surface area (Å²) in [5, 5.41) is 6.92. The Bertz CT molecular complexity index is 1260. The first kappa shape index (κ1) is 17.1. The molecule has 4 heterocycles. The zero-order chi connectivity index (χ0) is 19.4. The molecule has 0 N–H and O–H groups in total. The van der Waals surface area contributed by atoms with Gasteiger partial charge in [0.15, 0.2) is 0 Å². The van der Waals surface area contributed by atoms with E-state index in [-0.39, 0.29) is 11.9 Å². The Morgan fingerprint density at radius 2 is 1.86 bits per heavy atom. The highest BCUT2D eigenvalue weighted by molar-refractivity contribution is 7.20. The Morgan fingerprint density at radius 1 is 1.00 bits per heavy atom. The molecule has 8 heteroatoms. The molecule has 5 aromatic rings. The molecule has 29 heavy (non-hydrogen) atoms. The van der Waals surface area contributed by atoms with Crippen molar-refractivity contribution in [1.29, 1.82) is 0 Å². The molecule has 0 saturated carbocycles. The number of anilines is 1. The van der Waals surface area contributed by atoms with Gasteiger partial charge in [0.1, 0.15) is 10.8 Å². The number of para-hydroxylation sites is 1. The van der Waals surface area contributed by atoms with Crippen LogP contribution in [0, 0.1) is 5.82 Å². The Balaban J connectivity index is 1.33. The van der Waals surface area contributed by atoms with E-state index in [1.54, 1.807) is 34.8 Å². The Labute approximate surface area is 174 Å². The van der Waals surface area contributed by atoms with E-state index in [0.29, 0.717) is 0 Å². The average Bonchev–Trinajstić information content (AvgIpc) is 3.48. The molecule has 1 unspecified atom stereocenters. The molecule has 1 aliphatic rings. The molecule has 0 amide bonds. The van der Waals surface area contributed by atoms with Gasteiger partial charge >= 0.3 is 0 Å². The van der Waals surface area contributed by atoms with Crippen LogP contribution in [-0.2, 0) is 0 Å². The zero-order valence-corrected chi connectivity index (χ0v) is 17.0. The number of aromatic nitrogens is 4. The SMILES string of the molecule is Fc1ccc(-c2cn3nc(N4CCCC4c4nc5ccccc5s4)sc3n2)cc1. The molecule has 2 aromatic carbocycles. The second-order valence-electron chi connectivity index (χ2n) is 7.12. The van der Waals surface area contributed by atoms with E-state index in [2.05, 4.69) is 23.1 Å². The Hall–Kier alpha value is -2.84. The molecule has 1 aliphatic heterocycles. The summed E-state index contributed by atoms with van der Waals surface area (Å²) >= 11 is 3.36. The Kier molecular flexibility index (Phi) is 3.88. The third kappa shape index (κ3) is 2.90. The van der Waals surface area contributed by atoms with E-state index in [9.17, 15) is 4.39 Å². The highest BCUT2D eigenvalue weighted by Crippen LogP contribution is 2.40. The van der Waals surface area contributed by atoms with Gasteiger partial charge < -0.3 is 4.90 Å². The number of imidazole rings is 1. The molecule has 1 fully saturated rings. The van der Waals surface area contributed by atoms with Crippen LogP contribution in [0.3, 0.4) is 0 Å². The van der Waals surface area contributed by atoms with Crippen molar-refractivity contribution in [2.45, 2.75) is 18.9 Å². The van der Waals surface area contributed by atoms with Crippen molar-refractivity contribution in [3.63, 3.8) is 0 Å². The number of fused-ring (bicyclic) bond motifs is 2. The van der Waals surface area contributed by atoms with Gasteiger partial charge in [-0.2, -0.15) is 0 Å². The lowest BCUT2D eigenvalue weighted by molar-refractivity contribution is 0.628. The third-order valence-corrected chi connectivity index (χ3v) is 7.36. The molecule has 144 valence electrons. The minimum absolute atomic E-state index is 0.245. The summed E-state index contributed by atoms with van der Waals surface area (Å²) < 4.78 is 16.2. The van der Waals surface area contributed by atoms with Gasteiger partial charge in [0.05, 0.1) is 28.1 Å². The van der Waals surface area contributed by atoms with Crippen molar-refractivity contribution in [1.82, 2.24) is 19.6 Å². The number of hydrogen-bond acceptors (Lipinski definition) is 6.